The van der Waals surface area contributed by atoms with Gasteiger partial charge >= 0.3 is 0 Å². The third kappa shape index (κ3) is 3.45. The second-order valence-electron chi connectivity index (χ2n) is 6.51. The second-order valence-corrected chi connectivity index (χ2v) is 6.51. The SMILES string of the molecule is CNC1CC(C)CC(C)C1CN(C)c1ccc(O)cc1. The normalized spacial score (nSPS) is 30.2. The topological polar surface area (TPSA) is 35.5 Å². The first-order valence-electron chi connectivity index (χ1n) is 7.68. The van der Waals surface area contributed by atoms with E-state index in [2.05, 4.69) is 38.2 Å². The Morgan fingerprint density at radius 2 is 1.85 bits per heavy atom. The Morgan fingerprint density at radius 3 is 2.45 bits per heavy atom. The van der Waals surface area contributed by atoms with Crippen LogP contribution in [0.15, 0.2) is 24.3 Å². The highest BCUT2D eigenvalue weighted by Gasteiger charge is 2.33. The third-order valence-corrected chi connectivity index (χ3v) is 4.82. The number of benzene rings is 1. The van der Waals surface area contributed by atoms with Crippen LogP contribution in [0.5, 0.6) is 5.75 Å². The van der Waals surface area contributed by atoms with E-state index >= 15 is 0 Å². The van der Waals surface area contributed by atoms with Gasteiger partial charge in [-0.3, -0.25) is 0 Å². The van der Waals surface area contributed by atoms with Gasteiger partial charge in [0.25, 0.3) is 0 Å². The minimum Gasteiger partial charge on any atom is -0.508 e. The fourth-order valence-electron chi connectivity index (χ4n) is 3.68. The van der Waals surface area contributed by atoms with Gasteiger partial charge in [-0.2, -0.15) is 0 Å². The molecule has 0 bridgehead atoms. The Balaban J connectivity index is 2.05. The summed E-state index contributed by atoms with van der Waals surface area (Å²) < 4.78 is 0. The summed E-state index contributed by atoms with van der Waals surface area (Å²) in [6.45, 7) is 5.81. The van der Waals surface area contributed by atoms with Gasteiger partial charge in [-0.1, -0.05) is 13.8 Å². The highest BCUT2D eigenvalue weighted by molar-refractivity contribution is 5.48. The molecular weight excluding hydrogens is 248 g/mol. The van der Waals surface area contributed by atoms with Gasteiger partial charge in [0.2, 0.25) is 0 Å². The molecule has 1 saturated carbocycles. The van der Waals surface area contributed by atoms with Crippen LogP contribution >= 0.6 is 0 Å². The summed E-state index contributed by atoms with van der Waals surface area (Å²) in [5, 5.41) is 12.9. The molecule has 3 heteroatoms. The number of hydrogen-bond acceptors (Lipinski definition) is 3. The molecule has 112 valence electrons. The summed E-state index contributed by atoms with van der Waals surface area (Å²) >= 11 is 0. The average molecular weight is 276 g/mol. The zero-order valence-corrected chi connectivity index (χ0v) is 13.1. The van der Waals surface area contributed by atoms with Crippen molar-refractivity contribution < 1.29 is 5.11 Å². The number of anilines is 1. The van der Waals surface area contributed by atoms with Crippen LogP contribution in [-0.4, -0.2) is 31.8 Å². The predicted octanol–water partition coefficient (Wildman–Crippen LogP) is 3.10. The second kappa shape index (κ2) is 6.49. The Kier molecular flexibility index (Phi) is 4.92. The molecule has 0 aromatic heterocycles. The fourth-order valence-corrected chi connectivity index (χ4v) is 3.68. The van der Waals surface area contributed by atoms with Gasteiger partial charge in [0, 0.05) is 25.3 Å². The molecule has 20 heavy (non-hydrogen) atoms. The molecule has 1 aromatic carbocycles. The lowest BCUT2D eigenvalue weighted by atomic mass is 9.72. The molecule has 2 rings (SSSR count). The Hall–Kier alpha value is -1.22. The van der Waals surface area contributed by atoms with Gasteiger partial charge in [-0.05, 0) is 61.9 Å². The van der Waals surface area contributed by atoms with Crippen LogP contribution in [0.2, 0.25) is 0 Å². The summed E-state index contributed by atoms with van der Waals surface area (Å²) in [5.41, 5.74) is 1.17. The molecule has 1 fully saturated rings. The zero-order chi connectivity index (χ0) is 14.7. The van der Waals surface area contributed by atoms with E-state index in [0.717, 1.165) is 18.4 Å². The van der Waals surface area contributed by atoms with E-state index in [1.807, 2.05) is 12.1 Å². The van der Waals surface area contributed by atoms with Gasteiger partial charge in [-0.15, -0.1) is 0 Å². The molecule has 1 aliphatic carbocycles. The molecular formula is C17H28N2O. The van der Waals surface area contributed by atoms with Gasteiger partial charge in [0.15, 0.2) is 0 Å². The first-order chi connectivity index (χ1) is 9.51. The van der Waals surface area contributed by atoms with Gasteiger partial charge in [0.05, 0.1) is 0 Å². The molecule has 4 atom stereocenters. The van der Waals surface area contributed by atoms with Crippen LogP contribution < -0.4 is 10.2 Å². The van der Waals surface area contributed by atoms with E-state index in [-0.39, 0.29) is 0 Å². The van der Waals surface area contributed by atoms with Crippen molar-refractivity contribution in [2.24, 2.45) is 17.8 Å². The van der Waals surface area contributed by atoms with Crippen LogP contribution in [-0.2, 0) is 0 Å². The summed E-state index contributed by atoms with van der Waals surface area (Å²) in [6.07, 6.45) is 2.60. The quantitative estimate of drug-likeness (QED) is 0.887. The van der Waals surface area contributed by atoms with Gasteiger partial charge in [-0.25, -0.2) is 0 Å². The summed E-state index contributed by atoms with van der Waals surface area (Å²) in [7, 11) is 4.23. The maximum Gasteiger partial charge on any atom is 0.115 e. The number of aromatic hydroxyl groups is 1. The number of phenolic OH excluding ortho intramolecular Hbond substituents is 1. The molecule has 4 unspecified atom stereocenters. The Bertz CT molecular complexity index is 418. The lowest BCUT2D eigenvalue weighted by Gasteiger charge is -2.41. The van der Waals surface area contributed by atoms with E-state index < -0.39 is 0 Å². The zero-order valence-electron chi connectivity index (χ0n) is 13.1. The molecule has 1 aromatic rings. The Labute approximate surface area is 123 Å². The van der Waals surface area contributed by atoms with Crippen molar-refractivity contribution in [2.75, 3.05) is 25.5 Å². The first kappa shape index (κ1) is 15.2. The predicted molar refractivity (Wildman–Crippen MR) is 85.3 cm³/mol. The highest BCUT2D eigenvalue weighted by atomic mass is 16.3. The van der Waals surface area contributed by atoms with Crippen LogP contribution in [0.4, 0.5) is 5.69 Å². The number of hydrogen-bond donors (Lipinski definition) is 2. The maximum atomic E-state index is 9.38. The summed E-state index contributed by atoms with van der Waals surface area (Å²) in [5.74, 6) is 2.57. The van der Waals surface area contributed by atoms with Crippen LogP contribution in [0.1, 0.15) is 26.7 Å². The van der Waals surface area contributed by atoms with E-state index in [9.17, 15) is 5.11 Å². The molecule has 0 saturated heterocycles. The first-order valence-corrected chi connectivity index (χ1v) is 7.68. The number of phenols is 1. The highest BCUT2D eigenvalue weighted by Crippen LogP contribution is 2.34. The fraction of sp³-hybridized carbons (Fsp3) is 0.647. The average Bonchev–Trinajstić information content (AvgIpc) is 2.42. The maximum absolute atomic E-state index is 9.38. The smallest absolute Gasteiger partial charge is 0.115 e. The van der Waals surface area contributed by atoms with Crippen molar-refractivity contribution in [3.63, 3.8) is 0 Å². The van der Waals surface area contributed by atoms with Gasteiger partial charge in [0.1, 0.15) is 5.75 Å². The molecule has 3 nitrogen and oxygen atoms in total. The van der Waals surface area contributed by atoms with Crippen molar-refractivity contribution >= 4 is 5.69 Å². The van der Waals surface area contributed by atoms with E-state index in [1.165, 1.54) is 18.5 Å². The standard InChI is InChI=1S/C17H28N2O/c1-12-9-13(2)16(17(10-12)18-3)11-19(4)14-5-7-15(20)8-6-14/h5-8,12-13,16-18,20H,9-11H2,1-4H3. The molecule has 0 heterocycles. The number of rotatable bonds is 4. The van der Waals surface area contributed by atoms with Crippen LogP contribution in [0.25, 0.3) is 0 Å². The van der Waals surface area contributed by atoms with Crippen molar-refractivity contribution in [1.29, 1.82) is 0 Å². The van der Waals surface area contributed by atoms with Crippen molar-refractivity contribution in [3.05, 3.63) is 24.3 Å². The largest absolute Gasteiger partial charge is 0.508 e. The molecule has 0 amide bonds. The van der Waals surface area contributed by atoms with Gasteiger partial charge < -0.3 is 15.3 Å². The summed E-state index contributed by atoms with van der Waals surface area (Å²) in [4.78, 5) is 2.31. The number of nitrogens with zero attached hydrogens (tertiary/aromatic N) is 1. The molecule has 1 aliphatic rings. The van der Waals surface area contributed by atoms with E-state index in [0.29, 0.717) is 17.7 Å². The Morgan fingerprint density at radius 1 is 1.20 bits per heavy atom. The van der Waals surface area contributed by atoms with Crippen molar-refractivity contribution in [1.82, 2.24) is 5.32 Å². The van der Waals surface area contributed by atoms with Crippen LogP contribution in [0, 0.1) is 17.8 Å². The van der Waals surface area contributed by atoms with Crippen LogP contribution in [0.3, 0.4) is 0 Å². The van der Waals surface area contributed by atoms with E-state index in [1.54, 1.807) is 12.1 Å². The number of nitrogens with one attached hydrogen (secondary N) is 1. The summed E-state index contributed by atoms with van der Waals surface area (Å²) in [6, 6.07) is 8.09. The third-order valence-electron chi connectivity index (χ3n) is 4.82. The minimum atomic E-state index is 0.329. The molecule has 2 N–H and O–H groups in total. The lowest BCUT2D eigenvalue weighted by Crippen LogP contribution is -2.47. The van der Waals surface area contributed by atoms with Crippen molar-refractivity contribution in [2.45, 2.75) is 32.7 Å². The lowest BCUT2D eigenvalue weighted by molar-refractivity contribution is 0.158. The molecule has 0 spiro atoms. The monoisotopic (exact) mass is 276 g/mol. The molecule has 0 radical (unpaired) electrons. The van der Waals surface area contributed by atoms with E-state index in [4.69, 9.17) is 0 Å². The molecule has 0 aliphatic heterocycles. The van der Waals surface area contributed by atoms with Crippen molar-refractivity contribution in [3.8, 4) is 5.75 Å². The minimum absolute atomic E-state index is 0.329.